The molecular weight excluding hydrogens is 291 g/mol. The molecule has 0 spiro atoms. The Hall–Kier alpha value is -0.710. The van der Waals surface area contributed by atoms with Crippen molar-refractivity contribution in [3.63, 3.8) is 0 Å². The van der Waals surface area contributed by atoms with Crippen LogP contribution in [0.2, 0.25) is 10.0 Å². The van der Waals surface area contributed by atoms with E-state index in [4.69, 9.17) is 23.2 Å². The molecule has 1 aliphatic heterocycles. The molecule has 18 heavy (non-hydrogen) atoms. The van der Waals surface area contributed by atoms with Gasteiger partial charge in [-0.05, 0) is 24.0 Å². The molecule has 0 aromatic heterocycles. The second-order valence-corrected chi connectivity index (χ2v) is 5.75. The lowest BCUT2D eigenvalue weighted by molar-refractivity contribution is 0.0861. The highest BCUT2D eigenvalue weighted by Gasteiger charge is 2.26. The summed E-state index contributed by atoms with van der Waals surface area (Å²) in [5.41, 5.74) is 0.426. The zero-order chi connectivity index (χ0) is 13.1. The van der Waals surface area contributed by atoms with E-state index >= 15 is 0 Å². The third kappa shape index (κ3) is 2.82. The number of amidine groups is 1. The summed E-state index contributed by atoms with van der Waals surface area (Å²) >= 11 is 13.5. The predicted octanol–water partition coefficient (Wildman–Crippen LogP) is 3.56. The molecule has 0 radical (unpaired) electrons. The SMILES string of the molecule is CCSC1=NCCN1C(=O)c1cc(Cl)ccc1Cl. The van der Waals surface area contributed by atoms with Crippen molar-refractivity contribution < 1.29 is 4.79 Å². The number of halogens is 2. The van der Waals surface area contributed by atoms with Crippen molar-refractivity contribution in [3.05, 3.63) is 33.8 Å². The third-order valence-corrected chi connectivity index (χ3v) is 3.94. The minimum absolute atomic E-state index is 0.139. The molecule has 3 nitrogen and oxygen atoms in total. The Morgan fingerprint density at radius 1 is 1.50 bits per heavy atom. The third-order valence-electron chi connectivity index (χ3n) is 2.48. The summed E-state index contributed by atoms with van der Waals surface area (Å²) in [4.78, 5) is 18.4. The lowest BCUT2D eigenvalue weighted by atomic mass is 10.2. The first-order valence-corrected chi connectivity index (χ1v) is 7.31. The quantitative estimate of drug-likeness (QED) is 0.837. The lowest BCUT2D eigenvalue weighted by Gasteiger charge is -2.18. The van der Waals surface area contributed by atoms with Gasteiger partial charge in [-0.3, -0.25) is 14.7 Å². The molecule has 1 aliphatic rings. The van der Waals surface area contributed by atoms with E-state index in [0.29, 0.717) is 28.7 Å². The average Bonchev–Trinajstić information content (AvgIpc) is 2.80. The monoisotopic (exact) mass is 302 g/mol. The van der Waals surface area contributed by atoms with E-state index < -0.39 is 0 Å². The molecular formula is C12H12Cl2N2OS. The molecule has 0 fully saturated rings. The maximum Gasteiger partial charge on any atom is 0.261 e. The molecule has 1 aromatic rings. The molecule has 0 N–H and O–H groups in total. The number of carbonyl (C=O) groups is 1. The Morgan fingerprint density at radius 3 is 3.00 bits per heavy atom. The molecule has 1 aromatic carbocycles. The first-order chi connectivity index (χ1) is 8.63. The number of thioether (sulfide) groups is 1. The van der Waals surface area contributed by atoms with Crippen molar-refractivity contribution in [1.29, 1.82) is 0 Å². The lowest BCUT2D eigenvalue weighted by Crippen LogP contribution is -2.33. The number of amides is 1. The van der Waals surface area contributed by atoms with Gasteiger partial charge in [0.25, 0.3) is 5.91 Å². The fraction of sp³-hybridized carbons (Fsp3) is 0.333. The predicted molar refractivity (Wildman–Crippen MR) is 77.9 cm³/mol. The van der Waals surface area contributed by atoms with E-state index in [1.807, 2.05) is 6.92 Å². The largest absolute Gasteiger partial charge is 0.286 e. The van der Waals surface area contributed by atoms with Crippen LogP contribution >= 0.6 is 35.0 Å². The molecule has 0 unspecified atom stereocenters. The maximum atomic E-state index is 12.4. The second-order valence-electron chi connectivity index (χ2n) is 3.68. The van der Waals surface area contributed by atoms with Crippen molar-refractivity contribution in [2.75, 3.05) is 18.8 Å². The Labute approximate surface area is 120 Å². The van der Waals surface area contributed by atoms with E-state index in [1.54, 1.807) is 34.9 Å². The molecule has 0 bridgehead atoms. The van der Waals surface area contributed by atoms with Gasteiger partial charge in [0.05, 0.1) is 17.1 Å². The first-order valence-electron chi connectivity index (χ1n) is 5.57. The van der Waals surface area contributed by atoms with Crippen LogP contribution in [0.15, 0.2) is 23.2 Å². The van der Waals surface area contributed by atoms with Crippen LogP contribution in [0.25, 0.3) is 0 Å². The first kappa shape index (κ1) is 13.7. The molecule has 1 heterocycles. The van der Waals surface area contributed by atoms with Gasteiger partial charge in [0.2, 0.25) is 0 Å². The summed E-state index contributed by atoms with van der Waals surface area (Å²) in [6.07, 6.45) is 0. The number of hydrogen-bond acceptors (Lipinski definition) is 3. The van der Waals surface area contributed by atoms with Gasteiger partial charge in [-0.2, -0.15) is 0 Å². The smallest absolute Gasteiger partial charge is 0.261 e. The Kier molecular flexibility index (Phi) is 4.54. The van der Waals surface area contributed by atoms with Gasteiger partial charge in [0, 0.05) is 11.6 Å². The molecule has 2 rings (SSSR count). The molecule has 1 amide bonds. The van der Waals surface area contributed by atoms with Gasteiger partial charge in [-0.25, -0.2) is 0 Å². The van der Waals surface area contributed by atoms with E-state index in [1.165, 1.54) is 0 Å². The highest BCUT2D eigenvalue weighted by Crippen LogP contribution is 2.24. The van der Waals surface area contributed by atoms with Crippen molar-refractivity contribution >= 4 is 46.0 Å². The Morgan fingerprint density at radius 2 is 2.28 bits per heavy atom. The summed E-state index contributed by atoms with van der Waals surface area (Å²) in [5.74, 6) is 0.742. The summed E-state index contributed by atoms with van der Waals surface area (Å²) < 4.78 is 0. The zero-order valence-electron chi connectivity index (χ0n) is 9.82. The van der Waals surface area contributed by atoms with Gasteiger partial charge in [0.1, 0.15) is 0 Å². The number of rotatable bonds is 2. The minimum atomic E-state index is -0.139. The van der Waals surface area contributed by atoms with Crippen LogP contribution in [-0.2, 0) is 0 Å². The van der Waals surface area contributed by atoms with Gasteiger partial charge < -0.3 is 0 Å². The summed E-state index contributed by atoms with van der Waals surface area (Å²) in [6, 6.07) is 4.90. The van der Waals surface area contributed by atoms with Crippen LogP contribution in [0.1, 0.15) is 17.3 Å². The number of carbonyl (C=O) groups excluding carboxylic acids is 1. The van der Waals surface area contributed by atoms with Crippen molar-refractivity contribution in [2.45, 2.75) is 6.92 Å². The van der Waals surface area contributed by atoms with Crippen LogP contribution in [0, 0.1) is 0 Å². The standard InChI is InChI=1S/C12H12Cl2N2OS/c1-2-18-12-15-5-6-16(12)11(17)9-7-8(13)3-4-10(9)14/h3-4,7H,2,5-6H2,1H3. The van der Waals surface area contributed by atoms with Crippen molar-refractivity contribution in [3.8, 4) is 0 Å². The number of benzene rings is 1. The van der Waals surface area contributed by atoms with E-state index in [2.05, 4.69) is 4.99 Å². The number of nitrogens with zero attached hydrogens (tertiary/aromatic N) is 2. The number of aliphatic imine (C=N–C) groups is 1. The Balaban J connectivity index is 2.26. The summed E-state index contributed by atoms with van der Waals surface area (Å²) in [6.45, 7) is 3.27. The topological polar surface area (TPSA) is 32.7 Å². The van der Waals surface area contributed by atoms with Crippen LogP contribution in [-0.4, -0.2) is 34.8 Å². The molecule has 0 aliphatic carbocycles. The van der Waals surface area contributed by atoms with E-state index in [0.717, 1.165) is 10.9 Å². The second kappa shape index (κ2) is 5.95. The van der Waals surface area contributed by atoms with Crippen LogP contribution < -0.4 is 0 Å². The van der Waals surface area contributed by atoms with Crippen molar-refractivity contribution in [2.24, 2.45) is 4.99 Å². The van der Waals surface area contributed by atoms with E-state index in [9.17, 15) is 4.79 Å². The Bertz CT molecular complexity index is 505. The molecule has 0 saturated carbocycles. The summed E-state index contributed by atoms with van der Waals surface area (Å²) in [7, 11) is 0. The van der Waals surface area contributed by atoms with Gasteiger partial charge in [0.15, 0.2) is 5.17 Å². The normalized spacial score (nSPS) is 14.8. The molecule has 0 saturated heterocycles. The molecule has 6 heteroatoms. The fourth-order valence-electron chi connectivity index (χ4n) is 1.67. The zero-order valence-corrected chi connectivity index (χ0v) is 12.1. The summed E-state index contributed by atoms with van der Waals surface area (Å²) in [5, 5.41) is 1.68. The highest BCUT2D eigenvalue weighted by molar-refractivity contribution is 8.13. The molecule has 96 valence electrons. The maximum absolute atomic E-state index is 12.4. The average molecular weight is 303 g/mol. The van der Waals surface area contributed by atoms with Crippen molar-refractivity contribution in [1.82, 2.24) is 4.90 Å². The minimum Gasteiger partial charge on any atom is -0.286 e. The highest BCUT2D eigenvalue weighted by atomic mass is 35.5. The number of hydrogen-bond donors (Lipinski definition) is 0. The van der Waals surface area contributed by atoms with Crippen LogP contribution in [0.4, 0.5) is 0 Å². The van der Waals surface area contributed by atoms with Crippen LogP contribution in [0.5, 0.6) is 0 Å². The molecule has 0 atom stereocenters. The fourth-order valence-corrected chi connectivity index (χ4v) is 2.82. The van der Waals surface area contributed by atoms with Crippen LogP contribution in [0.3, 0.4) is 0 Å². The van der Waals surface area contributed by atoms with E-state index in [-0.39, 0.29) is 5.91 Å². The van der Waals surface area contributed by atoms with Gasteiger partial charge in [-0.15, -0.1) is 0 Å². The van der Waals surface area contributed by atoms with Gasteiger partial charge >= 0.3 is 0 Å². The van der Waals surface area contributed by atoms with Gasteiger partial charge in [-0.1, -0.05) is 41.9 Å².